The van der Waals surface area contributed by atoms with Gasteiger partial charge in [-0.15, -0.1) is 0 Å². The Morgan fingerprint density at radius 3 is 2.62 bits per heavy atom. The van der Waals surface area contributed by atoms with Crippen molar-refractivity contribution in [3.63, 3.8) is 0 Å². The maximum absolute atomic E-state index is 11.3. The summed E-state index contributed by atoms with van der Waals surface area (Å²) in [6.45, 7) is 1.96. The molecule has 0 saturated carbocycles. The Hall–Kier alpha value is -2.39. The molecule has 1 atom stereocenters. The van der Waals surface area contributed by atoms with E-state index < -0.39 is 9.84 Å². The van der Waals surface area contributed by atoms with Crippen molar-refractivity contribution in [2.24, 2.45) is 0 Å². The molecule has 0 aliphatic rings. The summed E-state index contributed by atoms with van der Waals surface area (Å²) in [4.78, 5) is 3.93. The molecule has 6 heteroatoms. The molecule has 1 aromatic heterocycles. The SMILES string of the molecule is CC(Nc1ccc(S(C)(=O)=O)nc1)c1cccc(C#N)c1. The zero-order chi connectivity index (χ0) is 15.5. The standard InChI is InChI=1S/C15H15N3O2S/c1-11(13-5-3-4-12(8-13)9-16)18-14-6-7-15(17-10-14)21(2,19)20/h3-8,10-11,18H,1-2H3. The summed E-state index contributed by atoms with van der Waals surface area (Å²) in [6.07, 6.45) is 2.61. The third-order valence-corrected chi connectivity index (χ3v) is 4.02. The van der Waals surface area contributed by atoms with Gasteiger partial charge in [0.15, 0.2) is 14.9 Å². The minimum atomic E-state index is -3.28. The van der Waals surface area contributed by atoms with Crippen molar-refractivity contribution in [3.8, 4) is 6.07 Å². The molecule has 108 valence electrons. The number of rotatable bonds is 4. The van der Waals surface area contributed by atoms with E-state index in [4.69, 9.17) is 5.26 Å². The number of pyridine rings is 1. The molecule has 0 fully saturated rings. The Balaban J connectivity index is 2.16. The van der Waals surface area contributed by atoms with Gasteiger partial charge in [0.2, 0.25) is 0 Å². The van der Waals surface area contributed by atoms with Crippen LogP contribution in [-0.2, 0) is 9.84 Å². The van der Waals surface area contributed by atoms with E-state index in [-0.39, 0.29) is 11.1 Å². The molecule has 0 aliphatic heterocycles. The Bertz CT molecular complexity index is 777. The number of anilines is 1. The summed E-state index contributed by atoms with van der Waals surface area (Å²) in [7, 11) is -3.28. The minimum absolute atomic E-state index is 0.0239. The van der Waals surface area contributed by atoms with Crippen LogP contribution in [0.1, 0.15) is 24.1 Å². The first-order valence-electron chi connectivity index (χ1n) is 6.33. The molecule has 1 heterocycles. The zero-order valence-electron chi connectivity index (χ0n) is 11.7. The van der Waals surface area contributed by atoms with Crippen LogP contribution in [0.4, 0.5) is 5.69 Å². The Labute approximate surface area is 124 Å². The number of hydrogen-bond donors (Lipinski definition) is 1. The van der Waals surface area contributed by atoms with E-state index in [0.717, 1.165) is 17.5 Å². The second-order valence-electron chi connectivity index (χ2n) is 4.76. The first kappa shape index (κ1) is 15.0. The maximum atomic E-state index is 11.3. The maximum Gasteiger partial charge on any atom is 0.192 e. The molecule has 2 rings (SSSR count). The molecule has 21 heavy (non-hydrogen) atoms. The van der Waals surface area contributed by atoms with E-state index >= 15 is 0 Å². The summed E-state index contributed by atoms with van der Waals surface area (Å²) in [5, 5.41) is 12.2. The second-order valence-corrected chi connectivity index (χ2v) is 6.72. The van der Waals surface area contributed by atoms with Gasteiger partial charge in [-0.2, -0.15) is 5.26 Å². The van der Waals surface area contributed by atoms with E-state index in [1.807, 2.05) is 25.1 Å². The van der Waals surface area contributed by atoms with Crippen LogP contribution in [0.5, 0.6) is 0 Å². The summed E-state index contributed by atoms with van der Waals surface area (Å²) >= 11 is 0. The molecular formula is C15H15N3O2S. The van der Waals surface area contributed by atoms with Crippen LogP contribution < -0.4 is 5.32 Å². The molecule has 0 bridgehead atoms. The molecular weight excluding hydrogens is 286 g/mol. The van der Waals surface area contributed by atoms with E-state index in [9.17, 15) is 8.42 Å². The molecule has 0 radical (unpaired) electrons. The highest BCUT2D eigenvalue weighted by Crippen LogP contribution is 2.20. The van der Waals surface area contributed by atoms with E-state index in [1.165, 1.54) is 12.3 Å². The molecule has 0 saturated heterocycles. The van der Waals surface area contributed by atoms with Gasteiger partial charge in [0.05, 0.1) is 23.5 Å². The summed E-state index contributed by atoms with van der Waals surface area (Å²) in [6, 6.07) is 12.5. The van der Waals surface area contributed by atoms with Gasteiger partial charge in [-0.25, -0.2) is 13.4 Å². The lowest BCUT2D eigenvalue weighted by molar-refractivity contribution is 0.598. The van der Waals surface area contributed by atoms with E-state index in [1.54, 1.807) is 12.1 Å². The monoisotopic (exact) mass is 301 g/mol. The van der Waals surface area contributed by atoms with E-state index in [0.29, 0.717) is 5.56 Å². The lowest BCUT2D eigenvalue weighted by Gasteiger charge is -2.15. The largest absolute Gasteiger partial charge is 0.377 e. The number of benzene rings is 1. The number of hydrogen-bond acceptors (Lipinski definition) is 5. The molecule has 2 aromatic rings. The molecule has 0 amide bonds. The van der Waals surface area contributed by atoms with Crippen LogP contribution in [0, 0.1) is 11.3 Å². The Morgan fingerprint density at radius 1 is 1.29 bits per heavy atom. The average Bonchev–Trinajstić information content (AvgIpc) is 2.47. The van der Waals surface area contributed by atoms with Gasteiger partial charge in [0.25, 0.3) is 0 Å². The van der Waals surface area contributed by atoms with Crippen molar-refractivity contribution >= 4 is 15.5 Å². The summed E-state index contributed by atoms with van der Waals surface area (Å²) < 4.78 is 22.7. The molecule has 1 unspecified atom stereocenters. The van der Waals surface area contributed by atoms with E-state index in [2.05, 4.69) is 16.4 Å². The van der Waals surface area contributed by atoms with Crippen molar-refractivity contribution in [1.82, 2.24) is 4.98 Å². The van der Waals surface area contributed by atoms with Gasteiger partial charge in [-0.05, 0) is 36.8 Å². The predicted octanol–water partition coefficient (Wildman–Crippen LogP) is 2.53. The van der Waals surface area contributed by atoms with Crippen LogP contribution in [0.15, 0.2) is 47.6 Å². The van der Waals surface area contributed by atoms with Crippen molar-refractivity contribution in [2.45, 2.75) is 18.0 Å². The fourth-order valence-electron chi connectivity index (χ4n) is 1.90. The quantitative estimate of drug-likeness (QED) is 0.938. The summed E-state index contributed by atoms with van der Waals surface area (Å²) in [5.41, 5.74) is 2.30. The minimum Gasteiger partial charge on any atom is -0.377 e. The van der Waals surface area contributed by atoms with Crippen LogP contribution in [-0.4, -0.2) is 19.7 Å². The van der Waals surface area contributed by atoms with Crippen molar-refractivity contribution in [2.75, 3.05) is 11.6 Å². The van der Waals surface area contributed by atoms with Crippen LogP contribution in [0.3, 0.4) is 0 Å². The number of sulfone groups is 1. The highest BCUT2D eigenvalue weighted by atomic mass is 32.2. The van der Waals surface area contributed by atoms with Gasteiger partial charge >= 0.3 is 0 Å². The molecule has 1 N–H and O–H groups in total. The fraction of sp³-hybridized carbons (Fsp3) is 0.200. The lowest BCUT2D eigenvalue weighted by Crippen LogP contribution is -2.08. The summed E-state index contributed by atoms with van der Waals surface area (Å²) in [5.74, 6) is 0. The van der Waals surface area contributed by atoms with Gasteiger partial charge in [0, 0.05) is 12.3 Å². The van der Waals surface area contributed by atoms with Crippen molar-refractivity contribution in [1.29, 1.82) is 5.26 Å². The van der Waals surface area contributed by atoms with Crippen molar-refractivity contribution < 1.29 is 8.42 Å². The lowest BCUT2D eigenvalue weighted by atomic mass is 10.1. The highest BCUT2D eigenvalue weighted by Gasteiger charge is 2.10. The van der Waals surface area contributed by atoms with Gasteiger partial charge in [-0.1, -0.05) is 12.1 Å². The van der Waals surface area contributed by atoms with Crippen LogP contribution in [0.25, 0.3) is 0 Å². The number of aromatic nitrogens is 1. The number of nitrogens with one attached hydrogen (secondary N) is 1. The zero-order valence-corrected chi connectivity index (χ0v) is 12.6. The Kier molecular flexibility index (Phi) is 4.24. The fourth-order valence-corrected chi connectivity index (χ4v) is 2.46. The molecule has 0 aliphatic carbocycles. The first-order chi connectivity index (χ1) is 9.90. The van der Waals surface area contributed by atoms with Gasteiger partial charge in [-0.3, -0.25) is 0 Å². The van der Waals surface area contributed by atoms with Gasteiger partial charge in [0.1, 0.15) is 0 Å². The van der Waals surface area contributed by atoms with Gasteiger partial charge < -0.3 is 5.32 Å². The normalized spacial score (nSPS) is 12.4. The van der Waals surface area contributed by atoms with Crippen LogP contribution in [0.2, 0.25) is 0 Å². The second kappa shape index (κ2) is 5.94. The highest BCUT2D eigenvalue weighted by molar-refractivity contribution is 7.90. The number of nitriles is 1. The Morgan fingerprint density at radius 2 is 2.05 bits per heavy atom. The van der Waals surface area contributed by atoms with Crippen molar-refractivity contribution in [3.05, 3.63) is 53.7 Å². The van der Waals surface area contributed by atoms with Crippen LogP contribution >= 0.6 is 0 Å². The molecule has 1 aromatic carbocycles. The number of nitrogens with zero attached hydrogens (tertiary/aromatic N) is 2. The third kappa shape index (κ3) is 3.80. The molecule has 0 spiro atoms. The third-order valence-electron chi connectivity index (χ3n) is 3.02. The first-order valence-corrected chi connectivity index (χ1v) is 8.22. The smallest absolute Gasteiger partial charge is 0.192 e. The predicted molar refractivity (Wildman–Crippen MR) is 80.5 cm³/mol. The topological polar surface area (TPSA) is 82.8 Å². The average molecular weight is 301 g/mol. The molecule has 5 nitrogen and oxygen atoms in total.